The summed E-state index contributed by atoms with van der Waals surface area (Å²) in [6.07, 6.45) is 0. The first kappa shape index (κ1) is 10.8. The minimum absolute atomic E-state index is 0.295. The molecule has 0 atom stereocenters. The van der Waals surface area contributed by atoms with Crippen LogP contribution >= 0.6 is 0 Å². The van der Waals surface area contributed by atoms with Crippen LogP contribution < -0.4 is 0 Å². The number of rotatable bonds is 3. The minimum Gasteiger partial charge on any atom is -0.308 e. The number of carbonyl (C=O) groups is 1. The number of Topliss-reactive ketones (excluding diaryl/α,β-unsaturated/α-hetero) is 1. The van der Waals surface area contributed by atoms with Gasteiger partial charge in [-0.3, -0.25) is 14.9 Å². The van der Waals surface area contributed by atoms with Crippen LogP contribution in [0.2, 0.25) is 0 Å². The van der Waals surface area contributed by atoms with Crippen LogP contribution in [0.1, 0.15) is 10.4 Å². The van der Waals surface area contributed by atoms with E-state index >= 15 is 0 Å². The molecule has 0 N–H and O–H groups in total. The molecule has 0 aliphatic rings. The van der Waals surface area contributed by atoms with Gasteiger partial charge < -0.3 is 4.85 Å². The molecule has 5 nitrogen and oxygen atoms in total. The van der Waals surface area contributed by atoms with Gasteiger partial charge in [0.05, 0.1) is 16.6 Å². The van der Waals surface area contributed by atoms with Crippen molar-refractivity contribution in [1.29, 1.82) is 0 Å². The smallest absolute Gasteiger partial charge is 0.276 e. The Bertz CT molecular complexity index is 465. The van der Waals surface area contributed by atoms with E-state index in [1.165, 1.54) is 0 Å². The van der Waals surface area contributed by atoms with Gasteiger partial charge in [-0.1, -0.05) is 0 Å². The lowest BCUT2D eigenvalue weighted by atomic mass is 10.1. The number of hydrogen-bond acceptors (Lipinski definition) is 3. The molecule has 0 saturated carbocycles. The zero-order chi connectivity index (χ0) is 11.4. The highest BCUT2D eigenvalue weighted by Gasteiger charge is 2.17. The molecular weight excluding hydrogens is 203 g/mol. The van der Waals surface area contributed by atoms with Gasteiger partial charge in [0.2, 0.25) is 5.78 Å². The van der Waals surface area contributed by atoms with Gasteiger partial charge in [-0.05, 0) is 6.07 Å². The summed E-state index contributed by atoms with van der Waals surface area (Å²) in [6, 6.07) is 2.71. The second-order valence-electron chi connectivity index (χ2n) is 2.66. The van der Waals surface area contributed by atoms with E-state index < -0.39 is 28.8 Å². The number of nitro benzene ring substituents is 1. The Morgan fingerprint density at radius 2 is 2.27 bits per heavy atom. The molecule has 0 aromatic heterocycles. The van der Waals surface area contributed by atoms with Gasteiger partial charge >= 0.3 is 0 Å². The summed E-state index contributed by atoms with van der Waals surface area (Å²) in [5, 5.41) is 10.3. The summed E-state index contributed by atoms with van der Waals surface area (Å²) in [4.78, 5) is 23.4. The zero-order valence-electron chi connectivity index (χ0n) is 7.44. The molecule has 15 heavy (non-hydrogen) atoms. The Balaban J connectivity index is 3.09. The van der Waals surface area contributed by atoms with Crippen molar-refractivity contribution < 1.29 is 14.1 Å². The van der Waals surface area contributed by atoms with E-state index in [-0.39, 0.29) is 5.56 Å². The summed E-state index contributed by atoms with van der Waals surface area (Å²) in [5.41, 5.74) is -0.719. The van der Waals surface area contributed by atoms with E-state index in [1.54, 1.807) is 0 Å². The minimum atomic E-state index is -0.974. The topological polar surface area (TPSA) is 64.6 Å². The van der Waals surface area contributed by atoms with E-state index in [4.69, 9.17) is 6.57 Å². The summed E-state index contributed by atoms with van der Waals surface area (Å²) in [7, 11) is 0. The Morgan fingerprint density at radius 3 is 2.73 bits per heavy atom. The summed E-state index contributed by atoms with van der Waals surface area (Å²) < 4.78 is 13.2. The quantitative estimate of drug-likeness (QED) is 0.329. The molecule has 6 heteroatoms. The highest BCUT2D eigenvalue weighted by atomic mass is 19.1. The van der Waals surface area contributed by atoms with Crippen LogP contribution in [-0.2, 0) is 0 Å². The van der Waals surface area contributed by atoms with E-state index in [0.29, 0.717) is 6.07 Å². The predicted octanol–water partition coefficient (Wildman–Crippen LogP) is 1.84. The molecule has 0 unspecified atom stereocenters. The number of ketones is 1. The average Bonchev–Trinajstić information content (AvgIpc) is 2.17. The first-order valence-corrected chi connectivity index (χ1v) is 3.86. The summed E-state index contributed by atoms with van der Waals surface area (Å²) in [5.74, 6) is -1.66. The molecule has 0 fully saturated rings. The molecule has 76 valence electrons. The SMILES string of the molecule is [C-]#[N+]CC(=O)c1ccc([N+](=O)[O-])cc1F. The molecule has 0 radical (unpaired) electrons. The third-order valence-electron chi connectivity index (χ3n) is 1.69. The normalized spacial score (nSPS) is 9.33. The molecule has 0 aliphatic heterocycles. The summed E-state index contributed by atoms with van der Waals surface area (Å²) >= 11 is 0. The number of benzene rings is 1. The highest BCUT2D eigenvalue weighted by molar-refractivity contribution is 5.98. The maximum atomic E-state index is 13.2. The average molecular weight is 208 g/mol. The lowest BCUT2D eigenvalue weighted by molar-refractivity contribution is -0.385. The number of nitrogens with zero attached hydrogens (tertiary/aromatic N) is 2. The highest BCUT2D eigenvalue weighted by Crippen LogP contribution is 2.16. The first-order valence-electron chi connectivity index (χ1n) is 3.86. The first-order chi connectivity index (χ1) is 7.06. The molecule has 1 aromatic rings. The monoisotopic (exact) mass is 208 g/mol. The van der Waals surface area contributed by atoms with Gasteiger partial charge in [0, 0.05) is 6.07 Å². The van der Waals surface area contributed by atoms with Crippen molar-refractivity contribution in [2.45, 2.75) is 0 Å². The number of nitro groups is 1. The van der Waals surface area contributed by atoms with Crippen molar-refractivity contribution in [3.05, 3.63) is 51.1 Å². The number of non-ortho nitro benzene ring substituents is 1. The molecule has 1 rings (SSSR count). The van der Waals surface area contributed by atoms with Crippen LogP contribution in [0, 0.1) is 22.5 Å². The van der Waals surface area contributed by atoms with Crippen molar-refractivity contribution in [2.24, 2.45) is 0 Å². The Morgan fingerprint density at radius 1 is 1.60 bits per heavy atom. The van der Waals surface area contributed by atoms with Crippen molar-refractivity contribution in [1.82, 2.24) is 0 Å². The van der Waals surface area contributed by atoms with Gasteiger partial charge in [-0.2, -0.15) is 0 Å². The second-order valence-corrected chi connectivity index (χ2v) is 2.66. The Labute approximate surface area is 84.1 Å². The van der Waals surface area contributed by atoms with Crippen molar-refractivity contribution in [3.8, 4) is 0 Å². The molecule has 1 aromatic carbocycles. The van der Waals surface area contributed by atoms with Gasteiger partial charge in [0.1, 0.15) is 5.82 Å². The van der Waals surface area contributed by atoms with Gasteiger partial charge in [-0.25, -0.2) is 11.0 Å². The van der Waals surface area contributed by atoms with Crippen LogP contribution in [0.25, 0.3) is 4.85 Å². The fourth-order valence-corrected chi connectivity index (χ4v) is 1.00. The lowest BCUT2D eigenvalue weighted by Crippen LogP contribution is -2.05. The van der Waals surface area contributed by atoms with Crippen molar-refractivity contribution in [2.75, 3.05) is 6.54 Å². The van der Waals surface area contributed by atoms with E-state index in [0.717, 1.165) is 12.1 Å². The molecule has 0 spiro atoms. The third-order valence-corrected chi connectivity index (χ3v) is 1.69. The van der Waals surface area contributed by atoms with Crippen molar-refractivity contribution >= 4 is 11.5 Å². The largest absolute Gasteiger partial charge is 0.308 e. The van der Waals surface area contributed by atoms with Crippen LogP contribution in [0.15, 0.2) is 18.2 Å². The fourth-order valence-electron chi connectivity index (χ4n) is 1.00. The fraction of sp³-hybridized carbons (Fsp3) is 0.111. The molecule has 0 bridgehead atoms. The van der Waals surface area contributed by atoms with Gasteiger partial charge in [-0.15, -0.1) is 0 Å². The molecule has 0 heterocycles. The van der Waals surface area contributed by atoms with Crippen LogP contribution in [0.4, 0.5) is 10.1 Å². The third kappa shape index (κ3) is 2.34. The zero-order valence-corrected chi connectivity index (χ0v) is 7.44. The standard InChI is InChI=1S/C9H5FN2O3/c1-11-5-9(13)7-3-2-6(12(14)15)4-8(7)10/h2-4H,5H2. The molecule has 0 amide bonds. The predicted molar refractivity (Wildman–Crippen MR) is 48.9 cm³/mol. The lowest BCUT2D eigenvalue weighted by Gasteiger charge is -1.97. The maximum absolute atomic E-state index is 13.2. The molecule has 0 aliphatic carbocycles. The Kier molecular flexibility index (Phi) is 3.08. The maximum Gasteiger partial charge on any atom is 0.276 e. The second kappa shape index (κ2) is 4.28. The molecule has 0 saturated heterocycles. The van der Waals surface area contributed by atoms with E-state index in [9.17, 15) is 19.3 Å². The number of carbonyl (C=O) groups excluding carboxylic acids is 1. The van der Waals surface area contributed by atoms with Crippen molar-refractivity contribution in [3.63, 3.8) is 0 Å². The summed E-state index contributed by atoms with van der Waals surface area (Å²) in [6.45, 7) is 5.97. The van der Waals surface area contributed by atoms with E-state index in [1.807, 2.05) is 0 Å². The van der Waals surface area contributed by atoms with Crippen LogP contribution in [0.3, 0.4) is 0 Å². The molecular formula is C9H5FN2O3. The van der Waals surface area contributed by atoms with Crippen LogP contribution in [-0.4, -0.2) is 17.3 Å². The number of hydrogen-bond donors (Lipinski definition) is 0. The van der Waals surface area contributed by atoms with Gasteiger partial charge in [0.15, 0.2) is 0 Å². The van der Waals surface area contributed by atoms with Gasteiger partial charge in [0.25, 0.3) is 12.2 Å². The Hall–Kier alpha value is -2.29. The van der Waals surface area contributed by atoms with Crippen LogP contribution in [0.5, 0.6) is 0 Å². The van der Waals surface area contributed by atoms with E-state index in [2.05, 4.69) is 4.85 Å². The number of halogens is 1.